The summed E-state index contributed by atoms with van der Waals surface area (Å²) in [5, 5.41) is 11.4. The van der Waals surface area contributed by atoms with Crippen LogP contribution >= 0.6 is 24.0 Å². The summed E-state index contributed by atoms with van der Waals surface area (Å²) in [6, 6.07) is 0. The molecular weight excluding hydrogens is 395 g/mol. The number of unbranched alkanes of at least 4 members (excludes halogenated alkanes) is 1. The molecule has 2 heterocycles. The molecule has 0 amide bonds. The SMILES string of the molecule is CCCCN=C(N)NCCNc1ncnc2c1cnn2C.I. The number of fused-ring (bicyclic) bond motifs is 1. The smallest absolute Gasteiger partial charge is 0.188 e. The molecule has 0 bridgehead atoms. The fourth-order valence-electron chi connectivity index (χ4n) is 1.89. The van der Waals surface area contributed by atoms with Gasteiger partial charge in [-0.15, -0.1) is 24.0 Å². The van der Waals surface area contributed by atoms with Gasteiger partial charge < -0.3 is 16.4 Å². The Hall–Kier alpha value is -1.65. The monoisotopic (exact) mass is 418 g/mol. The Kier molecular flexibility index (Phi) is 7.85. The van der Waals surface area contributed by atoms with Gasteiger partial charge in [0.05, 0.1) is 11.6 Å². The number of nitrogens with one attached hydrogen (secondary N) is 2. The fraction of sp³-hybridized carbons (Fsp3) is 0.538. The lowest BCUT2D eigenvalue weighted by molar-refractivity contribution is 0.785. The lowest BCUT2D eigenvalue weighted by Gasteiger charge is -2.08. The van der Waals surface area contributed by atoms with Crippen molar-refractivity contribution in [1.82, 2.24) is 25.1 Å². The predicted octanol–water partition coefficient (Wildman–Crippen LogP) is 1.10. The molecule has 2 aromatic heterocycles. The Bertz CT molecular complexity index is 609. The summed E-state index contributed by atoms with van der Waals surface area (Å²) in [4.78, 5) is 12.7. The maximum Gasteiger partial charge on any atom is 0.188 e. The largest absolute Gasteiger partial charge is 0.370 e. The summed E-state index contributed by atoms with van der Waals surface area (Å²) in [5.74, 6) is 1.26. The van der Waals surface area contributed by atoms with E-state index < -0.39 is 0 Å². The maximum atomic E-state index is 5.76. The molecular formula is C13H23IN8. The standard InChI is InChI=1S/C13H22N8.HI/c1-3-4-5-16-13(14)17-7-6-15-11-10-8-20-21(2)12(10)19-9-18-11;/h8-9H,3-7H2,1-2H3,(H3,14,16,17)(H,15,18,19);1H. The Morgan fingerprint density at radius 2 is 2.18 bits per heavy atom. The number of aryl methyl sites for hydroxylation is 1. The number of halogens is 1. The second kappa shape index (κ2) is 9.38. The van der Waals surface area contributed by atoms with Crippen LogP contribution < -0.4 is 16.4 Å². The Balaban J connectivity index is 0.00000242. The molecule has 0 aliphatic heterocycles. The third-order valence-corrected chi connectivity index (χ3v) is 3.05. The summed E-state index contributed by atoms with van der Waals surface area (Å²) >= 11 is 0. The van der Waals surface area contributed by atoms with Gasteiger partial charge >= 0.3 is 0 Å². The van der Waals surface area contributed by atoms with E-state index in [1.54, 1.807) is 10.9 Å². The van der Waals surface area contributed by atoms with Crippen LogP contribution in [0.1, 0.15) is 19.8 Å². The molecule has 4 N–H and O–H groups in total. The highest BCUT2D eigenvalue weighted by molar-refractivity contribution is 14.0. The van der Waals surface area contributed by atoms with Gasteiger partial charge in [0.1, 0.15) is 12.1 Å². The van der Waals surface area contributed by atoms with Crippen LogP contribution in [0.25, 0.3) is 11.0 Å². The second-order valence-corrected chi connectivity index (χ2v) is 4.70. The molecule has 122 valence electrons. The van der Waals surface area contributed by atoms with Crippen LogP contribution in [0.5, 0.6) is 0 Å². The van der Waals surface area contributed by atoms with Crippen LogP contribution in [-0.4, -0.2) is 45.3 Å². The van der Waals surface area contributed by atoms with E-state index in [-0.39, 0.29) is 24.0 Å². The van der Waals surface area contributed by atoms with Gasteiger partial charge in [0.15, 0.2) is 11.6 Å². The number of nitrogens with two attached hydrogens (primary N) is 1. The molecule has 0 aliphatic carbocycles. The Labute approximate surface area is 147 Å². The van der Waals surface area contributed by atoms with Crippen LogP contribution in [-0.2, 0) is 7.05 Å². The number of nitrogens with zero attached hydrogens (tertiary/aromatic N) is 5. The van der Waals surface area contributed by atoms with Gasteiger partial charge in [-0.3, -0.25) is 9.67 Å². The van der Waals surface area contributed by atoms with Crippen LogP contribution in [0, 0.1) is 0 Å². The molecule has 0 saturated heterocycles. The number of hydrogen-bond donors (Lipinski definition) is 3. The van der Waals surface area contributed by atoms with Gasteiger partial charge in [-0.1, -0.05) is 13.3 Å². The van der Waals surface area contributed by atoms with E-state index in [0.29, 0.717) is 19.0 Å². The highest BCUT2D eigenvalue weighted by Crippen LogP contribution is 2.16. The molecule has 2 rings (SSSR count). The number of aromatic nitrogens is 4. The number of anilines is 1. The Morgan fingerprint density at radius 3 is 2.95 bits per heavy atom. The number of aliphatic imine (C=N–C) groups is 1. The molecule has 0 aromatic carbocycles. The van der Waals surface area contributed by atoms with E-state index in [9.17, 15) is 0 Å². The van der Waals surface area contributed by atoms with Gasteiger partial charge in [-0.25, -0.2) is 9.97 Å². The van der Waals surface area contributed by atoms with Gasteiger partial charge in [-0.05, 0) is 6.42 Å². The molecule has 0 aliphatic rings. The summed E-state index contributed by atoms with van der Waals surface area (Å²) in [5.41, 5.74) is 6.57. The number of guanidine groups is 1. The van der Waals surface area contributed by atoms with E-state index in [1.807, 2.05) is 7.05 Å². The van der Waals surface area contributed by atoms with Gasteiger partial charge in [-0.2, -0.15) is 5.10 Å². The zero-order valence-corrected chi connectivity index (χ0v) is 15.2. The van der Waals surface area contributed by atoms with Crippen molar-refractivity contribution < 1.29 is 0 Å². The van der Waals surface area contributed by atoms with Crippen LogP contribution in [0.15, 0.2) is 17.5 Å². The minimum absolute atomic E-state index is 0. The average Bonchev–Trinajstić information content (AvgIpc) is 2.86. The van der Waals surface area contributed by atoms with Gasteiger partial charge in [0.2, 0.25) is 0 Å². The molecule has 0 radical (unpaired) electrons. The van der Waals surface area contributed by atoms with Crippen molar-refractivity contribution in [1.29, 1.82) is 0 Å². The minimum Gasteiger partial charge on any atom is -0.370 e. The quantitative estimate of drug-likeness (QED) is 0.269. The van der Waals surface area contributed by atoms with Crippen molar-refractivity contribution in [2.24, 2.45) is 17.8 Å². The van der Waals surface area contributed by atoms with Crippen molar-refractivity contribution in [3.8, 4) is 0 Å². The first kappa shape index (κ1) is 18.4. The summed E-state index contributed by atoms with van der Waals surface area (Å²) in [6.45, 7) is 4.26. The predicted molar refractivity (Wildman–Crippen MR) is 99.6 cm³/mol. The van der Waals surface area contributed by atoms with E-state index in [0.717, 1.165) is 36.2 Å². The zero-order chi connectivity index (χ0) is 15.1. The minimum atomic E-state index is 0. The van der Waals surface area contributed by atoms with Crippen molar-refractivity contribution >= 4 is 46.8 Å². The van der Waals surface area contributed by atoms with E-state index in [4.69, 9.17) is 5.73 Å². The first-order chi connectivity index (χ1) is 10.2. The lowest BCUT2D eigenvalue weighted by atomic mass is 10.3. The molecule has 8 nitrogen and oxygen atoms in total. The lowest BCUT2D eigenvalue weighted by Crippen LogP contribution is -2.35. The molecule has 0 fully saturated rings. The van der Waals surface area contributed by atoms with Crippen LogP contribution in [0.3, 0.4) is 0 Å². The van der Waals surface area contributed by atoms with Crippen molar-refractivity contribution in [2.75, 3.05) is 25.0 Å². The van der Waals surface area contributed by atoms with Crippen molar-refractivity contribution in [3.05, 3.63) is 12.5 Å². The topological polar surface area (TPSA) is 106 Å². The van der Waals surface area contributed by atoms with Gasteiger partial charge in [0.25, 0.3) is 0 Å². The number of hydrogen-bond acceptors (Lipinski definition) is 5. The molecule has 0 spiro atoms. The van der Waals surface area contributed by atoms with E-state index in [1.165, 1.54) is 6.33 Å². The van der Waals surface area contributed by atoms with E-state index in [2.05, 4.69) is 37.6 Å². The fourth-order valence-corrected chi connectivity index (χ4v) is 1.89. The van der Waals surface area contributed by atoms with Crippen molar-refractivity contribution in [3.63, 3.8) is 0 Å². The first-order valence-corrected chi connectivity index (χ1v) is 7.12. The zero-order valence-electron chi connectivity index (χ0n) is 12.9. The third-order valence-electron chi connectivity index (χ3n) is 3.05. The normalized spacial score (nSPS) is 11.3. The molecule has 0 unspecified atom stereocenters. The Morgan fingerprint density at radius 1 is 1.36 bits per heavy atom. The highest BCUT2D eigenvalue weighted by Gasteiger charge is 2.06. The van der Waals surface area contributed by atoms with Crippen molar-refractivity contribution in [2.45, 2.75) is 19.8 Å². The molecule has 9 heteroatoms. The molecule has 0 atom stereocenters. The highest BCUT2D eigenvalue weighted by atomic mass is 127. The van der Waals surface area contributed by atoms with Crippen LogP contribution in [0.2, 0.25) is 0 Å². The second-order valence-electron chi connectivity index (χ2n) is 4.70. The van der Waals surface area contributed by atoms with E-state index >= 15 is 0 Å². The average molecular weight is 418 g/mol. The number of rotatable bonds is 7. The molecule has 2 aromatic rings. The summed E-state index contributed by atoms with van der Waals surface area (Å²) < 4.78 is 1.72. The molecule has 22 heavy (non-hydrogen) atoms. The maximum absolute atomic E-state index is 5.76. The van der Waals surface area contributed by atoms with Gasteiger partial charge in [0, 0.05) is 26.7 Å². The summed E-state index contributed by atoms with van der Waals surface area (Å²) in [6.07, 6.45) is 5.46. The van der Waals surface area contributed by atoms with Crippen LogP contribution in [0.4, 0.5) is 5.82 Å². The summed E-state index contributed by atoms with van der Waals surface area (Å²) in [7, 11) is 1.86. The molecule has 0 saturated carbocycles. The first-order valence-electron chi connectivity index (χ1n) is 7.12. The third kappa shape index (κ3) is 4.97.